The summed E-state index contributed by atoms with van der Waals surface area (Å²) < 4.78 is 27.0. The summed E-state index contributed by atoms with van der Waals surface area (Å²) in [6.45, 7) is 8.10. The first kappa shape index (κ1) is 20.3. The number of likely N-dealkylation sites (N-methyl/N-ethyl adjacent to an activating group) is 1. The number of sulfonamides is 1. The third-order valence-electron chi connectivity index (χ3n) is 3.47. The fraction of sp³-hybridized carbons (Fsp3) is 0.500. The van der Waals surface area contributed by atoms with Crippen molar-refractivity contribution in [2.24, 2.45) is 0 Å². The van der Waals surface area contributed by atoms with Crippen molar-refractivity contribution < 1.29 is 18.0 Å². The third kappa shape index (κ3) is 6.77. The van der Waals surface area contributed by atoms with Crippen LogP contribution in [0.15, 0.2) is 29.2 Å². The van der Waals surface area contributed by atoms with Gasteiger partial charge in [0.2, 0.25) is 15.9 Å². The van der Waals surface area contributed by atoms with Crippen LogP contribution in [-0.2, 0) is 19.6 Å². The average Bonchev–Trinajstić information content (AvgIpc) is 2.51. The lowest BCUT2D eigenvalue weighted by Crippen LogP contribution is -2.34. The molecule has 134 valence electrons. The zero-order valence-electron chi connectivity index (χ0n) is 14.3. The number of ketones is 1. The van der Waals surface area contributed by atoms with Gasteiger partial charge in [0.05, 0.1) is 11.3 Å². The molecule has 0 heterocycles. The van der Waals surface area contributed by atoms with Gasteiger partial charge in [0.1, 0.15) is 5.78 Å². The lowest BCUT2D eigenvalue weighted by molar-refractivity contribution is -0.124. The zero-order chi connectivity index (χ0) is 18.2. The summed E-state index contributed by atoms with van der Waals surface area (Å²) in [5.74, 6) is -0.653. The fourth-order valence-corrected chi connectivity index (χ4v) is 3.13. The molecule has 0 aliphatic heterocycles. The highest BCUT2D eigenvalue weighted by Crippen LogP contribution is 2.14. The summed E-state index contributed by atoms with van der Waals surface area (Å²) in [4.78, 5) is 24.6. The quantitative estimate of drug-likeness (QED) is 0.615. The second-order valence-electron chi connectivity index (χ2n) is 5.38. The van der Waals surface area contributed by atoms with Crippen molar-refractivity contribution in [1.29, 1.82) is 0 Å². The highest BCUT2D eigenvalue weighted by molar-refractivity contribution is 7.89. The smallest absolute Gasteiger partial charge is 0.240 e. The van der Waals surface area contributed by atoms with E-state index in [2.05, 4.69) is 14.9 Å². The Labute approximate surface area is 143 Å². The van der Waals surface area contributed by atoms with E-state index < -0.39 is 15.9 Å². The summed E-state index contributed by atoms with van der Waals surface area (Å²) >= 11 is 0. The molecular formula is C16H25N3O4S. The van der Waals surface area contributed by atoms with Gasteiger partial charge in [-0.25, -0.2) is 13.1 Å². The highest BCUT2D eigenvalue weighted by atomic mass is 32.2. The van der Waals surface area contributed by atoms with Crippen molar-refractivity contribution in [1.82, 2.24) is 9.62 Å². The van der Waals surface area contributed by atoms with Crippen LogP contribution < -0.4 is 10.0 Å². The number of hydrogen-bond acceptors (Lipinski definition) is 5. The van der Waals surface area contributed by atoms with Gasteiger partial charge < -0.3 is 10.2 Å². The van der Waals surface area contributed by atoms with E-state index in [4.69, 9.17) is 0 Å². The van der Waals surface area contributed by atoms with Gasteiger partial charge in [0.15, 0.2) is 0 Å². The number of anilines is 1. The molecule has 24 heavy (non-hydrogen) atoms. The first-order valence-corrected chi connectivity index (χ1v) is 9.38. The van der Waals surface area contributed by atoms with Crippen LogP contribution in [0.4, 0.5) is 5.69 Å². The molecule has 1 aromatic rings. The number of nitrogens with one attached hydrogen (secondary N) is 2. The second kappa shape index (κ2) is 9.51. The summed E-state index contributed by atoms with van der Waals surface area (Å²) in [5, 5.41) is 2.54. The molecule has 0 bridgehead atoms. The Balaban J connectivity index is 2.63. The Morgan fingerprint density at radius 1 is 1.08 bits per heavy atom. The van der Waals surface area contributed by atoms with E-state index in [1.807, 2.05) is 13.8 Å². The molecule has 7 nitrogen and oxygen atoms in total. The summed E-state index contributed by atoms with van der Waals surface area (Å²) in [6, 6.07) is 5.83. The predicted octanol–water partition coefficient (Wildman–Crippen LogP) is 1.22. The molecular weight excluding hydrogens is 330 g/mol. The minimum Gasteiger partial charge on any atom is -0.326 e. The number of carbonyl (C=O) groups is 2. The number of Topliss-reactive ketones (excluding diaryl/α,β-unsaturated/α-hetero) is 1. The van der Waals surface area contributed by atoms with E-state index in [0.29, 0.717) is 18.8 Å². The Kier molecular flexibility index (Phi) is 8.03. The molecule has 0 atom stereocenters. The molecule has 0 radical (unpaired) electrons. The molecule has 1 aromatic carbocycles. The number of nitrogens with zero attached hydrogens (tertiary/aromatic N) is 1. The number of carbonyl (C=O) groups excluding carboxylic acids is 2. The van der Waals surface area contributed by atoms with Crippen molar-refractivity contribution >= 4 is 27.4 Å². The molecule has 8 heteroatoms. The van der Waals surface area contributed by atoms with Gasteiger partial charge in [0.25, 0.3) is 0 Å². The molecule has 0 aliphatic carbocycles. The van der Waals surface area contributed by atoms with Crippen LogP contribution in [0.25, 0.3) is 0 Å². The molecule has 0 fully saturated rings. The number of amides is 1. The predicted molar refractivity (Wildman–Crippen MR) is 93.3 cm³/mol. The third-order valence-corrected chi connectivity index (χ3v) is 4.95. The lowest BCUT2D eigenvalue weighted by atomic mass is 10.2. The topological polar surface area (TPSA) is 95.6 Å². The van der Waals surface area contributed by atoms with Crippen LogP contribution in [0, 0.1) is 0 Å². The molecule has 0 saturated carbocycles. The Morgan fingerprint density at radius 2 is 1.67 bits per heavy atom. The van der Waals surface area contributed by atoms with Crippen LogP contribution in [0.3, 0.4) is 0 Å². The standard InChI is InChI=1S/C16H25N3O4S/c1-4-19(5-2)11-10-17-24(22,23)15-8-6-14(7-9-15)18-16(21)12-13(3)20/h6-9,17H,4-5,10-12H2,1-3H3,(H,18,21). The Bertz CT molecular complexity index is 652. The molecule has 0 unspecified atom stereocenters. The van der Waals surface area contributed by atoms with Gasteiger partial charge in [0, 0.05) is 18.8 Å². The van der Waals surface area contributed by atoms with E-state index in [-0.39, 0.29) is 17.1 Å². The highest BCUT2D eigenvalue weighted by Gasteiger charge is 2.14. The van der Waals surface area contributed by atoms with Crippen molar-refractivity contribution in [3.63, 3.8) is 0 Å². The number of benzene rings is 1. The molecule has 0 aliphatic rings. The fourth-order valence-electron chi connectivity index (χ4n) is 2.11. The van der Waals surface area contributed by atoms with Crippen LogP contribution in [0.2, 0.25) is 0 Å². The second-order valence-corrected chi connectivity index (χ2v) is 7.14. The maximum absolute atomic E-state index is 12.2. The van der Waals surface area contributed by atoms with Gasteiger partial charge in [-0.1, -0.05) is 13.8 Å². The molecule has 0 saturated heterocycles. The van der Waals surface area contributed by atoms with Crippen LogP contribution in [0.5, 0.6) is 0 Å². The van der Waals surface area contributed by atoms with Gasteiger partial charge in [-0.05, 0) is 44.3 Å². The minimum atomic E-state index is -3.58. The normalized spacial score (nSPS) is 11.5. The maximum atomic E-state index is 12.2. The van der Waals surface area contributed by atoms with Gasteiger partial charge in [-0.3, -0.25) is 9.59 Å². The van der Waals surface area contributed by atoms with E-state index in [1.54, 1.807) is 0 Å². The van der Waals surface area contributed by atoms with Gasteiger partial charge in [-0.2, -0.15) is 0 Å². The maximum Gasteiger partial charge on any atom is 0.240 e. The largest absolute Gasteiger partial charge is 0.326 e. The SMILES string of the molecule is CCN(CC)CCNS(=O)(=O)c1ccc(NC(=O)CC(C)=O)cc1. The molecule has 0 spiro atoms. The molecule has 2 N–H and O–H groups in total. The van der Waals surface area contributed by atoms with Crippen molar-refractivity contribution in [2.45, 2.75) is 32.1 Å². The van der Waals surface area contributed by atoms with Crippen LogP contribution >= 0.6 is 0 Å². The van der Waals surface area contributed by atoms with Crippen molar-refractivity contribution in [3.05, 3.63) is 24.3 Å². The van der Waals surface area contributed by atoms with E-state index >= 15 is 0 Å². The van der Waals surface area contributed by atoms with Crippen molar-refractivity contribution in [3.8, 4) is 0 Å². The monoisotopic (exact) mass is 355 g/mol. The average molecular weight is 355 g/mol. The molecule has 1 rings (SSSR count). The Morgan fingerprint density at radius 3 is 2.17 bits per heavy atom. The van der Waals surface area contributed by atoms with Crippen molar-refractivity contribution in [2.75, 3.05) is 31.5 Å². The summed E-state index contributed by atoms with van der Waals surface area (Å²) in [7, 11) is -3.58. The summed E-state index contributed by atoms with van der Waals surface area (Å²) in [6.07, 6.45) is -0.201. The zero-order valence-corrected chi connectivity index (χ0v) is 15.1. The van der Waals surface area contributed by atoms with Gasteiger partial charge in [-0.15, -0.1) is 0 Å². The number of rotatable bonds is 10. The first-order valence-electron chi connectivity index (χ1n) is 7.89. The van der Waals surface area contributed by atoms with Crippen LogP contribution in [0.1, 0.15) is 27.2 Å². The van der Waals surface area contributed by atoms with E-state index in [0.717, 1.165) is 13.1 Å². The van der Waals surface area contributed by atoms with Crippen LogP contribution in [-0.4, -0.2) is 51.2 Å². The van der Waals surface area contributed by atoms with Gasteiger partial charge >= 0.3 is 0 Å². The molecule has 1 amide bonds. The lowest BCUT2D eigenvalue weighted by Gasteiger charge is -2.18. The Hall–Kier alpha value is -1.77. The van der Waals surface area contributed by atoms with E-state index in [9.17, 15) is 18.0 Å². The first-order chi connectivity index (χ1) is 11.3. The van der Waals surface area contributed by atoms with E-state index in [1.165, 1.54) is 31.2 Å². The summed E-state index contributed by atoms with van der Waals surface area (Å²) in [5.41, 5.74) is 0.448. The number of hydrogen-bond donors (Lipinski definition) is 2. The minimum absolute atomic E-state index is 0.131. The molecule has 0 aromatic heterocycles.